The molecule has 1 N–H and O–H groups in total. The molecule has 4 heteroatoms. The molecule has 84 valence electrons. The molecule has 15 heavy (non-hydrogen) atoms. The zero-order valence-corrected chi connectivity index (χ0v) is 11.8. The van der Waals surface area contributed by atoms with Crippen LogP contribution in [0.2, 0.25) is 5.02 Å². The van der Waals surface area contributed by atoms with E-state index < -0.39 is 0 Å². The summed E-state index contributed by atoms with van der Waals surface area (Å²) in [7, 11) is 1.71. The molecule has 0 radical (unpaired) electrons. The Labute approximate surface area is 109 Å². The number of hydrogen-bond donors (Lipinski definition) is 1. The highest BCUT2D eigenvalue weighted by Crippen LogP contribution is 2.24. The van der Waals surface area contributed by atoms with E-state index in [4.69, 9.17) is 16.3 Å². The van der Waals surface area contributed by atoms with Gasteiger partial charge in [-0.25, -0.2) is 0 Å². The number of anilines is 1. The maximum atomic E-state index is 6.12. The van der Waals surface area contributed by atoms with Crippen molar-refractivity contribution < 1.29 is 4.74 Å². The molecule has 1 atom stereocenters. The first-order valence-corrected chi connectivity index (χ1v) is 6.33. The van der Waals surface area contributed by atoms with Crippen LogP contribution in [0.5, 0.6) is 0 Å². The van der Waals surface area contributed by atoms with Gasteiger partial charge in [0.15, 0.2) is 0 Å². The van der Waals surface area contributed by atoms with Gasteiger partial charge in [0, 0.05) is 16.7 Å². The molecule has 1 aromatic rings. The van der Waals surface area contributed by atoms with E-state index in [9.17, 15) is 0 Å². The van der Waals surface area contributed by atoms with Crippen LogP contribution in [0.4, 0.5) is 5.69 Å². The lowest BCUT2D eigenvalue weighted by atomic mass is 10.2. The van der Waals surface area contributed by atoms with Crippen LogP contribution >= 0.6 is 34.2 Å². The molecular formula is C11H15ClINO. The van der Waals surface area contributed by atoms with Gasteiger partial charge in [0.25, 0.3) is 0 Å². The summed E-state index contributed by atoms with van der Waals surface area (Å²) in [5.74, 6) is 0. The van der Waals surface area contributed by atoms with Gasteiger partial charge in [0.2, 0.25) is 0 Å². The molecule has 0 aromatic heterocycles. The van der Waals surface area contributed by atoms with E-state index in [0.717, 1.165) is 20.7 Å². The highest BCUT2D eigenvalue weighted by molar-refractivity contribution is 14.1. The third-order valence-electron chi connectivity index (χ3n) is 2.15. The zero-order chi connectivity index (χ0) is 11.3. The van der Waals surface area contributed by atoms with Crippen LogP contribution in [0.25, 0.3) is 0 Å². The maximum absolute atomic E-state index is 6.12. The lowest BCUT2D eigenvalue weighted by molar-refractivity contribution is 0.184. The number of halogens is 2. The van der Waals surface area contributed by atoms with E-state index in [0.29, 0.717) is 12.6 Å². The molecule has 0 aliphatic rings. The number of nitrogens with one attached hydrogen (secondary N) is 1. The van der Waals surface area contributed by atoms with Gasteiger partial charge >= 0.3 is 0 Å². The van der Waals surface area contributed by atoms with E-state index in [-0.39, 0.29) is 0 Å². The molecule has 0 aliphatic heterocycles. The van der Waals surface area contributed by atoms with Gasteiger partial charge in [0.1, 0.15) is 0 Å². The smallest absolute Gasteiger partial charge is 0.0663 e. The first-order chi connectivity index (χ1) is 7.17. The summed E-state index contributed by atoms with van der Waals surface area (Å²) < 4.78 is 6.27. The van der Waals surface area contributed by atoms with Crippen LogP contribution in [-0.4, -0.2) is 19.8 Å². The average Bonchev–Trinajstić information content (AvgIpc) is 2.21. The van der Waals surface area contributed by atoms with Crippen LogP contribution in [0, 0.1) is 3.57 Å². The molecule has 0 amide bonds. The monoisotopic (exact) mass is 339 g/mol. The summed E-state index contributed by atoms with van der Waals surface area (Å²) in [4.78, 5) is 0. The Bertz CT molecular complexity index is 319. The number of benzene rings is 1. The summed E-state index contributed by atoms with van der Waals surface area (Å²) in [6.45, 7) is 2.82. The van der Waals surface area contributed by atoms with Crippen molar-refractivity contribution in [2.45, 2.75) is 19.4 Å². The predicted molar refractivity (Wildman–Crippen MR) is 73.7 cm³/mol. The van der Waals surface area contributed by atoms with Crippen LogP contribution in [0.15, 0.2) is 18.2 Å². The van der Waals surface area contributed by atoms with Crippen LogP contribution in [-0.2, 0) is 4.74 Å². The molecule has 0 spiro atoms. The van der Waals surface area contributed by atoms with Crippen LogP contribution < -0.4 is 5.32 Å². The molecule has 2 nitrogen and oxygen atoms in total. The second kappa shape index (κ2) is 6.55. The van der Waals surface area contributed by atoms with Crippen LogP contribution in [0.3, 0.4) is 0 Å². The quantitative estimate of drug-likeness (QED) is 0.824. The third kappa shape index (κ3) is 4.17. The van der Waals surface area contributed by atoms with Gasteiger partial charge in [-0.15, -0.1) is 0 Å². The lowest BCUT2D eigenvalue weighted by Gasteiger charge is -2.18. The number of rotatable bonds is 5. The SMILES string of the molecule is CCC(COC)Nc1ccc(I)cc1Cl. The van der Waals surface area contributed by atoms with E-state index in [2.05, 4.69) is 34.8 Å². The van der Waals surface area contributed by atoms with Gasteiger partial charge in [-0.3, -0.25) is 0 Å². The van der Waals surface area contributed by atoms with E-state index in [1.807, 2.05) is 18.2 Å². The Kier molecular flexibility index (Phi) is 5.71. The van der Waals surface area contributed by atoms with Gasteiger partial charge in [0.05, 0.1) is 17.3 Å². The van der Waals surface area contributed by atoms with Crippen LogP contribution in [0.1, 0.15) is 13.3 Å². The van der Waals surface area contributed by atoms with E-state index in [1.54, 1.807) is 7.11 Å². The minimum Gasteiger partial charge on any atom is -0.383 e. The average molecular weight is 340 g/mol. The van der Waals surface area contributed by atoms with Gasteiger partial charge in [-0.2, -0.15) is 0 Å². The van der Waals surface area contributed by atoms with Crippen molar-refractivity contribution >= 4 is 39.9 Å². The molecule has 0 bridgehead atoms. The third-order valence-corrected chi connectivity index (χ3v) is 3.14. The fraction of sp³-hybridized carbons (Fsp3) is 0.455. The molecule has 0 saturated heterocycles. The highest BCUT2D eigenvalue weighted by atomic mass is 127. The molecule has 0 heterocycles. The van der Waals surface area contributed by atoms with Crippen molar-refractivity contribution in [3.8, 4) is 0 Å². The molecule has 1 aromatic carbocycles. The predicted octanol–water partition coefficient (Wildman–Crippen LogP) is 3.78. The van der Waals surface area contributed by atoms with E-state index in [1.165, 1.54) is 0 Å². The van der Waals surface area contributed by atoms with Crippen molar-refractivity contribution in [2.24, 2.45) is 0 Å². The molecule has 1 rings (SSSR count). The second-order valence-corrected chi connectivity index (χ2v) is 4.98. The largest absolute Gasteiger partial charge is 0.383 e. The summed E-state index contributed by atoms with van der Waals surface area (Å²) in [6, 6.07) is 6.30. The second-order valence-electron chi connectivity index (χ2n) is 3.33. The number of ether oxygens (including phenoxy) is 1. The minimum absolute atomic E-state index is 0.313. The minimum atomic E-state index is 0.313. The normalized spacial score (nSPS) is 12.5. The standard InChI is InChI=1S/C11H15ClINO/c1-3-9(7-15-2)14-11-5-4-8(13)6-10(11)12/h4-6,9,14H,3,7H2,1-2H3. The Morgan fingerprint density at radius 1 is 1.53 bits per heavy atom. The summed E-state index contributed by atoms with van der Waals surface area (Å²) in [5, 5.41) is 4.13. The number of methoxy groups -OCH3 is 1. The Morgan fingerprint density at radius 3 is 2.80 bits per heavy atom. The fourth-order valence-electron chi connectivity index (χ4n) is 1.29. The summed E-state index contributed by atoms with van der Waals surface area (Å²) >= 11 is 8.37. The summed E-state index contributed by atoms with van der Waals surface area (Å²) in [5.41, 5.74) is 0.973. The van der Waals surface area contributed by atoms with Gasteiger partial charge < -0.3 is 10.1 Å². The van der Waals surface area contributed by atoms with Crippen molar-refractivity contribution in [2.75, 3.05) is 19.0 Å². The van der Waals surface area contributed by atoms with Crippen molar-refractivity contribution in [3.63, 3.8) is 0 Å². The molecule has 1 unspecified atom stereocenters. The molecule has 0 fully saturated rings. The van der Waals surface area contributed by atoms with Gasteiger partial charge in [-0.1, -0.05) is 18.5 Å². The molecule has 0 saturated carbocycles. The Hall–Kier alpha value is -0.0000000000000000555. The van der Waals surface area contributed by atoms with Crippen molar-refractivity contribution in [1.29, 1.82) is 0 Å². The topological polar surface area (TPSA) is 21.3 Å². The van der Waals surface area contributed by atoms with Crippen molar-refractivity contribution in [3.05, 3.63) is 26.8 Å². The first-order valence-electron chi connectivity index (χ1n) is 4.88. The van der Waals surface area contributed by atoms with Gasteiger partial charge in [-0.05, 0) is 47.2 Å². The first kappa shape index (κ1) is 13.1. The highest BCUT2D eigenvalue weighted by Gasteiger charge is 2.07. The lowest BCUT2D eigenvalue weighted by Crippen LogP contribution is -2.23. The summed E-state index contributed by atoms with van der Waals surface area (Å²) in [6.07, 6.45) is 1.01. The number of hydrogen-bond acceptors (Lipinski definition) is 2. The Morgan fingerprint density at radius 2 is 2.27 bits per heavy atom. The Balaban J connectivity index is 2.70. The molecular weight excluding hydrogens is 324 g/mol. The van der Waals surface area contributed by atoms with Crippen molar-refractivity contribution in [1.82, 2.24) is 0 Å². The fourth-order valence-corrected chi connectivity index (χ4v) is 2.20. The van der Waals surface area contributed by atoms with E-state index >= 15 is 0 Å². The maximum Gasteiger partial charge on any atom is 0.0663 e. The zero-order valence-electron chi connectivity index (χ0n) is 8.89. The molecule has 0 aliphatic carbocycles.